The Hall–Kier alpha value is -1.53. The van der Waals surface area contributed by atoms with E-state index in [1.165, 1.54) is 5.56 Å². The molecule has 0 amide bonds. The van der Waals surface area contributed by atoms with Gasteiger partial charge >= 0.3 is 0 Å². The summed E-state index contributed by atoms with van der Waals surface area (Å²) in [5.74, 6) is 0. The first-order valence-corrected chi connectivity index (χ1v) is 10.8. The molecule has 5 heteroatoms. The highest BCUT2D eigenvalue weighted by molar-refractivity contribution is 7.95. The van der Waals surface area contributed by atoms with E-state index in [0.29, 0.717) is 18.0 Å². The third-order valence-corrected chi connectivity index (χ3v) is 7.69. The lowest BCUT2D eigenvalue weighted by Crippen LogP contribution is -2.44. The number of benzene rings is 2. The van der Waals surface area contributed by atoms with Gasteiger partial charge in [0, 0.05) is 12.0 Å². The lowest BCUT2D eigenvalue weighted by Gasteiger charge is -2.34. The number of sulfonamides is 1. The Balaban J connectivity index is 1.74. The van der Waals surface area contributed by atoms with E-state index >= 15 is 0 Å². The fraction of sp³-hybridized carbons (Fsp3) is 0.429. The lowest BCUT2D eigenvalue weighted by atomic mass is 9.80. The lowest BCUT2D eigenvalue weighted by molar-refractivity contribution is 0.204. The molecule has 0 aliphatic carbocycles. The minimum absolute atomic E-state index is 0.00443. The van der Waals surface area contributed by atoms with Crippen LogP contribution in [0.25, 0.3) is 0 Å². The molecule has 1 saturated heterocycles. The molecule has 2 aromatic rings. The molecule has 2 atom stereocenters. The van der Waals surface area contributed by atoms with Crippen molar-refractivity contribution in [3.8, 4) is 0 Å². The predicted octanol–water partition coefficient (Wildman–Crippen LogP) is 3.36. The van der Waals surface area contributed by atoms with Crippen molar-refractivity contribution in [1.82, 2.24) is 9.21 Å². The van der Waals surface area contributed by atoms with Gasteiger partial charge in [0.15, 0.2) is 15.3 Å². The van der Waals surface area contributed by atoms with Gasteiger partial charge in [-0.2, -0.15) is 0 Å². The fourth-order valence-corrected chi connectivity index (χ4v) is 6.00. The van der Waals surface area contributed by atoms with Crippen molar-refractivity contribution in [3.63, 3.8) is 0 Å². The molecule has 1 fully saturated rings. The molecule has 0 radical (unpaired) electrons. The Morgan fingerprint density at radius 3 is 2.42 bits per heavy atom. The van der Waals surface area contributed by atoms with E-state index in [4.69, 9.17) is 0 Å². The highest BCUT2D eigenvalue weighted by atomic mass is 32.3. The predicted molar refractivity (Wildman–Crippen MR) is 103 cm³/mol. The second kappa shape index (κ2) is 6.89. The zero-order chi connectivity index (χ0) is 18.2. The molecule has 0 N–H and O–H groups in total. The highest BCUT2D eigenvalue weighted by Gasteiger charge is 2.45. The molecule has 2 unspecified atom stereocenters. The van der Waals surface area contributed by atoms with Crippen LogP contribution in [0.1, 0.15) is 24.5 Å². The topological polar surface area (TPSA) is 46.6 Å². The molecule has 2 aliphatic rings. The van der Waals surface area contributed by atoms with Gasteiger partial charge in [0.25, 0.3) is 0 Å². The second-order valence-corrected chi connectivity index (χ2v) is 9.59. The van der Waals surface area contributed by atoms with E-state index in [9.17, 15) is 8.76 Å². The Bertz CT molecular complexity index is 826. The zero-order valence-electron chi connectivity index (χ0n) is 15.3. The first kappa shape index (κ1) is 17.9. The van der Waals surface area contributed by atoms with Gasteiger partial charge in [0.1, 0.15) is 0 Å². The van der Waals surface area contributed by atoms with Gasteiger partial charge in [0.05, 0.1) is 13.1 Å². The summed E-state index contributed by atoms with van der Waals surface area (Å²) in [6, 6.07) is 17.2. The minimum Gasteiger partial charge on any atom is -0.593 e. The quantitative estimate of drug-likeness (QED) is 0.779. The molecule has 2 aliphatic heterocycles. The average molecular weight is 371 g/mol. The van der Waals surface area contributed by atoms with Crippen LogP contribution in [-0.4, -0.2) is 39.9 Å². The van der Waals surface area contributed by atoms with Crippen LogP contribution >= 0.6 is 0 Å². The van der Waals surface area contributed by atoms with E-state index in [0.717, 1.165) is 38.0 Å². The Labute approximate surface area is 157 Å². The van der Waals surface area contributed by atoms with Crippen molar-refractivity contribution in [2.75, 3.05) is 26.2 Å². The molecule has 0 bridgehead atoms. The van der Waals surface area contributed by atoms with Gasteiger partial charge < -0.3 is 9.45 Å². The molecule has 2 heterocycles. The van der Waals surface area contributed by atoms with Crippen molar-refractivity contribution in [3.05, 3.63) is 65.7 Å². The van der Waals surface area contributed by atoms with Gasteiger partial charge in [-0.1, -0.05) is 53.6 Å². The molecular weight excluding hydrogens is 344 g/mol. The number of hydrogen-bond acceptors (Lipinski definition) is 3. The molecule has 4 rings (SSSR count). The van der Waals surface area contributed by atoms with Crippen molar-refractivity contribution < 1.29 is 8.76 Å². The number of rotatable bonds is 3. The van der Waals surface area contributed by atoms with Crippen LogP contribution in [0.4, 0.5) is 0 Å². The van der Waals surface area contributed by atoms with Gasteiger partial charge in [-0.25, -0.2) is 0 Å². The Morgan fingerprint density at radius 1 is 1.04 bits per heavy atom. The van der Waals surface area contributed by atoms with Gasteiger partial charge in [-0.3, -0.25) is 0 Å². The average Bonchev–Trinajstić information content (AvgIpc) is 2.97. The van der Waals surface area contributed by atoms with Crippen molar-refractivity contribution >= 4 is 10.4 Å². The summed E-state index contributed by atoms with van der Waals surface area (Å²) >= 11 is 0. The van der Waals surface area contributed by atoms with Crippen LogP contribution < -0.4 is 0 Å². The number of likely N-dealkylation sites (tertiary alicyclic amines) is 1. The maximum Gasteiger partial charge on any atom is 0.175 e. The van der Waals surface area contributed by atoms with Crippen LogP contribution in [0.15, 0.2) is 59.5 Å². The van der Waals surface area contributed by atoms with E-state index < -0.39 is 10.4 Å². The first-order valence-electron chi connectivity index (χ1n) is 9.37. The first-order chi connectivity index (χ1) is 12.5. The summed E-state index contributed by atoms with van der Waals surface area (Å²) < 4.78 is 28.4. The van der Waals surface area contributed by atoms with Gasteiger partial charge in [-0.05, 0) is 49.2 Å². The van der Waals surface area contributed by atoms with Gasteiger partial charge in [-0.15, -0.1) is 4.31 Å². The summed E-state index contributed by atoms with van der Waals surface area (Å²) in [6.07, 6.45) is 2.01. The van der Waals surface area contributed by atoms with Crippen molar-refractivity contribution in [1.29, 1.82) is 0 Å². The number of hydrogen-bond donors (Lipinski definition) is 0. The van der Waals surface area contributed by atoms with Crippen LogP contribution in [0.2, 0.25) is 0 Å². The fourth-order valence-electron chi connectivity index (χ4n) is 4.45. The smallest absolute Gasteiger partial charge is 0.175 e. The molecule has 4 nitrogen and oxygen atoms in total. The number of fused-ring (bicyclic) bond motifs is 1. The zero-order valence-corrected chi connectivity index (χ0v) is 16.1. The summed E-state index contributed by atoms with van der Waals surface area (Å²) in [5, 5.41) is 0. The third kappa shape index (κ3) is 3.25. The Morgan fingerprint density at radius 2 is 1.73 bits per heavy atom. The summed E-state index contributed by atoms with van der Waals surface area (Å²) in [6.45, 7) is 6.28. The van der Waals surface area contributed by atoms with Crippen molar-refractivity contribution in [2.45, 2.75) is 31.2 Å². The van der Waals surface area contributed by atoms with Crippen LogP contribution in [0.3, 0.4) is 0 Å². The van der Waals surface area contributed by atoms with Crippen LogP contribution in [0, 0.1) is 5.41 Å². The van der Waals surface area contributed by atoms with E-state index in [-0.39, 0.29) is 5.41 Å². The van der Waals surface area contributed by atoms with Crippen molar-refractivity contribution in [2.24, 2.45) is 5.41 Å². The monoisotopic (exact) mass is 370 g/mol. The maximum absolute atomic E-state index is 13.4. The molecule has 26 heavy (non-hydrogen) atoms. The molecule has 138 valence electrons. The Kier molecular flexibility index (Phi) is 4.73. The number of nitrogens with zero attached hydrogens (tertiary/aromatic N) is 2. The van der Waals surface area contributed by atoms with E-state index in [1.54, 1.807) is 28.6 Å². The summed E-state index contributed by atoms with van der Waals surface area (Å²) in [5.41, 5.74) is 2.44. The second-order valence-electron chi connectivity index (χ2n) is 7.65. The molecule has 2 aromatic carbocycles. The van der Waals surface area contributed by atoms with Crippen LogP contribution in [-0.2, 0) is 27.6 Å². The molecule has 1 spiro atoms. The van der Waals surface area contributed by atoms with Crippen LogP contribution in [0.5, 0.6) is 0 Å². The molecular formula is C21H26N2O2S. The van der Waals surface area contributed by atoms with Gasteiger partial charge in [0.2, 0.25) is 0 Å². The minimum atomic E-state index is -3.50. The summed E-state index contributed by atoms with van der Waals surface area (Å²) in [7, 11) is -3.50. The molecule has 0 aromatic heterocycles. The highest BCUT2D eigenvalue weighted by Crippen LogP contribution is 2.41. The third-order valence-electron chi connectivity index (χ3n) is 5.89. The molecule has 0 saturated carbocycles. The van der Waals surface area contributed by atoms with E-state index in [2.05, 4.69) is 30.0 Å². The SMILES string of the molecule is CCN1CCC2(Cc3ccccc3CN([S+](=O)([O-])c3ccccc3)C2)C1. The normalized spacial score (nSPS) is 26.4. The largest absolute Gasteiger partial charge is 0.593 e. The van der Waals surface area contributed by atoms with E-state index in [1.807, 2.05) is 12.1 Å². The standard InChI is InChI=1S/C21H26N2O2S/c1-2-22-13-12-21(16-22)14-18-8-6-7-9-19(18)15-23(17-21)26(24,25)20-10-4-3-5-11-20/h3-11H,2,12-17H2,1H3. The summed E-state index contributed by atoms with van der Waals surface area (Å²) in [4.78, 5) is 2.83. The maximum atomic E-state index is 13.4.